The van der Waals surface area contributed by atoms with E-state index in [1.165, 1.54) is 42.7 Å². The molecule has 1 aliphatic heterocycles. The van der Waals surface area contributed by atoms with E-state index in [-0.39, 0.29) is 0 Å². The molecule has 4 nitrogen and oxygen atoms in total. The Bertz CT molecular complexity index is 584. The quantitative estimate of drug-likeness (QED) is 0.746. The Balaban J connectivity index is 1.58. The first-order valence-electron chi connectivity index (χ1n) is 8.66. The smallest absolute Gasteiger partial charge is 0.133 e. The molecule has 22 heavy (non-hydrogen) atoms. The van der Waals surface area contributed by atoms with Crippen molar-refractivity contribution in [2.24, 2.45) is 16.6 Å². The number of aliphatic imine (C=N–C) groups is 1. The highest BCUT2D eigenvalue weighted by molar-refractivity contribution is 7.16. The summed E-state index contributed by atoms with van der Waals surface area (Å²) in [5.41, 5.74) is 8.97. The molecular formula is C17H26N4S. The van der Waals surface area contributed by atoms with Crippen LogP contribution in [0.1, 0.15) is 55.0 Å². The Kier molecular flexibility index (Phi) is 3.86. The lowest BCUT2D eigenvalue weighted by Crippen LogP contribution is -2.42. The highest BCUT2D eigenvalue weighted by Crippen LogP contribution is 2.40. The first-order valence-corrected chi connectivity index (χ1v) is 9.47. The minimum atomic E-state index is 0.401. The van der Waals surface area contributed by atoms with Gasteiger partial charge in [0.05, 0.1) is 5.56 Å². The molecule has 1 atom stereocenters. The summed E-state index contributed by atoms with van der Waals surface area (Å²) in [4.78, 5) is 6.34. The summed E-state index contributed by atoms with van der Waals surface area (Å²) in [7, 11) is 0. The number of nitrogens with one attached hydrogen (secondary N) is 2. The first-order chi connectivity index (χ1) is 10.7. The van der Waals surface area contributed by atoms with Crippen molar-refractivity contribution in [3.63, 3.8) is 0 Å². The van der Waals surface area contributed by atoms with E-state index in [4.69, 9.17) is 10.7 Å². The van der Waals surface area contributed by atoms with Gasteiger partial charge in [-0.1, -0.05) is 6.92 Å². The van der Waals surface area contributed by atoms with Gasteiger partial charge in [0.2, 0.25) is 0 Å². The van der Waals surface area contributed by atoms with E-state index in [9.17, 15) is 0 Å². The van der Waals surface area contributed by atoms with Crippen LogP contribution in [0.4, 0.5) is 5.00 Å². The van der Waals surface area contributed by atoms with Crippen molar-refractivity contribution in [3.8, 4) is 0 Å². The number of hydrogen-bond donors (Lipinski definition) is 3. The normalized spacial score (nSPS) is 30.8. The zero-order valence-corrected chi connectivity index (χ0v) is 14.1. The Morgan fingerprint density at radius 1 is 1.23 bits per heavy atom. The van der Waals surface area contributed by atoms with Crippen LogP contribution >= 0.6 is 11.3 Å². The zero-order chi connectivity index (χ0) is 15.1. The Hall–Kier alpha value is -1.07. The molecule has 1 fully saturated rings. The lowest BCUT2D eigenvalue weighted by molar-refractivity contribution is 0.373. The molecule has 0 amide bonds. The average Bonchev–Trinajstić information content (AvgIpc) is 2.88. The molecule has 3 aliphatic rings. The van der Waals surface area contributed by atoms with E-state index in [2.05, 4.69) is 17.6 Å². The van der Waals surface area contributed by atoms with Crippen molar-refractivity contribution in [1.82, 2.24) is 5.32 Å². The number of aryl methyl sites for hydroxylation is 1. The Morgan fingerprint density at radius 2 is 2.05 bits per heavy atom. The van der Waals surface area contributed by atoms with Gasteiger partial charge in [0.25, 0.3) is 0 Å². The summed E-state index contributed by atoms with van der Waals surface area (Å²) >= 11 is 1.95. The molecule has 0 radical (unpaired) electrons. The van der Waals surface area contributed by atoms with Crippen molar-refractivity contribution < 1.29 is 0 Å². The maximum absolute atomic E-state index is 6.03. The average molecular weight is 318 g/mol. The molecule has 5 heteroatoms. The summed E-state index contributed by atoms with van der Waals surface area (Å²) in [5.74, 6) is 1.93. The molecular weight excluding hydrogens is 292 g/mol. The summed E-state index contributed by atoms with van der Waals surface area (Å²) in [5, 5.41) is 8.56. The molecule has 1 aromatic heterocycles. The lowest BCUT2D eigenvalue weighted by atomic mass is 9.87. The van der Waals surface area contributed by atoms with Gasteiger partial charge in [0.1, 0.15) is 17.5 Å². The molecule has 0 spiro atoms. The van der Waals surface area contributed by atoms with Crippen LogP contribution in [0, 0.1) is 5.92 Å². The van der Waals surface area contributed by atoms with E-state index >= 15 is 0 Å². The zero-order valence-electron chi connectivity index (χ0n) is 13.3. The fourth-order valence-corrected chi connectivity index (χ4v) is 5.21. The van der Waals surface area contributed by atoms with Crippen LogP contribution in [0.5, 0.6) is 0 Å². The van der Waals surface area contributed by atoms with Crippen molar-refractivity contribution in [1.29, 1.82) is 0 Å². The van der Waals surface area contributed by atoms with Gasteiger partial charge in [0.15, 0.2) is 0 Å². The van der Waals surface area contributed by atoms with Gasteiger partial charge in [-0.05, 0) is 56.4 Å². The molecule has 1 unspecified atom stereocenters. The van der Waals surface area contributed by atoms with E-state index in [1.807, 2.05) is 11.3 Å². The maximum Gasteiger partial charge on any atom is 0.133 e. The second-order valence-corrected chi connectivity index (χ2v) is 8.26. The second kappa shape index (κ2) is 5.85. The Morgan fingerprint density at radius 3 is 2.86 bits per heavy atom. The van der Waals surface area contributed by atoms with Crippen LogP contribution in [0.3, 0.4) is 0 Å². The third-order valence-electron chi connectivity index (χ3n) is 5.33. The van der Waals surface area contributed by atoms with Gasteiger partial charge in [0, 0.05) is 17.0 Å². The lowest BCUT2D eigenvalue weighted by Gasteiger charge is -2.30. The number of hydrogen-bond acceptors (Lipinski definition) is 5. The van der Waals surface area contributed by atoms with Gasteiger partial charge in [-0.3, -0.25) is 0 Å². The van der Waals surface area contributed by atoms with Crippen LogP contribution in [0.15, 0.2) is 4.99 Å². The summed E-state index contributed by atoms with van der Waals surface area (Å²) in [6.07, 6.45) is 8.38. The predicted octanol–water partition coefficient (Wildman–Crippen LogP) is 2.86. The van der Waals surface area contributed by atoms with Crippen LogP contribution in [0.25, 0.3) is 0 Å². The van der Waals surface area contributed by atoms with E-state index in [1.54, 1.807) is 10.4 Å². The van der Waals surface area contributed by atoms with E-state index in [0.29, 0.717) is 18.8 Å². The van der Waals surface area contributed by atoms with Gasteiger partial charge >= 0.3 is 0 Å². The highest BCUT2D eigenvalue weighted by atomic mass is 32.1. The van der Waals surface area contributed by atoms with Gasteiger partial charge in [-0.2, -0.15) is 0 Å². The standard InChI is InChI=1S/C17H26N4S/c1-10-2-7-14-13(8-10)15-16(19-9-20-17(15)22-14)21-12-5-3-11(18)4-6-12/h10-12,20H,2-9,18H2,1H3,(H,19,21). The molecule has 0 bridgehead atoms. The van der Waals surface area contributed by atoms with Gasteiger partial charge < -0.3 is 16.4 Å². The van der Waals surface area contributed by atoms with Crippen LogP contribution < -0.4 is 16.4 Å². The molecule has 120 valence electrons. The van der Waals surface area contributed by atoms with Crippen molar-refractivity contribution in [2.45, 2.75) is 64.0 Å². The first kappa shape index (κ1) is 14.5. The van der Waals surface area contributed by atoms with Gasteiger partial charge in [-0.15, -0.1) is 11.3 Å². The van der Waals surface area contributed by atoms with E-state index < -0.39 is 0 Å². The third kappa shape index (κ3) is 2.65. The number of nitrogens with zero attached hydrogens (tertiary/aromatic N) is 1. The topological polar surface area (TPSA) is 62.4 Å². The van der Waals surface area contributed by atoms with E-state index in [0.717, 1.165) is 24.6 Å². The molecule has 2 aliphatic carbocycles. The second-order valence-electron chi connectivity index (χ2n) is 7.15. The molecule has 4 rings (SSSR count). The molecule has 0 saturated heterocycles. The third-order valence-corrected chi connectivity index (χ3v) is 6.58. The number of nitrogens with two attached hydrogens (primary N) is 1. The minimum Gasteiger partial charge on any atom is -0.367 e. The van der Waals surface area contributed by atoms with Crippen molar-refractivity contribution >= 4 is 22.2 Å². The van der Waals surface area contributed by atoms with Gasteiger partial charge in [-0.25, -0.2) is 4.99 Å². The summed E-state index contributed by atoms with van der Waals surface area (Å²) in [6.45, 7) is 3.08. The molecule has 4 N–H and O–H groups in total. The van der Waals surface area contributed by atoms with Crippen LogP contribution in [-0.4, -0.2) is 24.6 Å². The Labute approximate surface area is 136 Å². The maximum atomic E-state index is 6.03. The number of fused-ring (bicyclic) bond motifs is 3. The largest absolute Gasteiger partial charge is 0.367 e. The minimum absolute atomic E-state index is 0.401. The van der Waals surface area contributed by atoms with Crippen LogP contribution in [0.2, 0.25) is 0 Å². The number of amidine groups is 1. The van der Waals surface area contributed by atoms with Crippen molar-refractivity contribution in [3.05, 3.63) is 16.0 Å². The predicted molar refractivity (Wildman–Crippen MR) is 93.9 cm³/mol. The van der Waals surface area contributed by atoms with Crippen LogP contribution in [-0.2, 0) is 12.8 Å². The molecule has 1 saturated carbocycles. The number of thiophene rings is 1. The fraction of sp³-hybridized carbons (Fsp3) is 0.706. The SMILES string of the molecule is CC1CCc2sc3c(c2C1)C(NC1CCC(N)CC1)=NCN3. The molecule has 1 aromatic rings. The fourth-order valence-electron chi connectivity index (χ4n) is 3.98. The molecule has 0 aromatic carbocycles. The monoisotopic (exact) mass is 318 g/mol. The summed E-state index contributed by atoms with van der Waals surface area (Å²) in [6, 6.07) is 0.944. The summed E-state index contributed by atoms with van der Waals surface area (Å²) < 4.78 is 0. The molecule has 2 heterocycles. The number of rotatable bonds is 1. The highest BCUT2D eigenvalue weighted by Gasteiger charge is 2.29. The number of anilines is 1. The van der Waals surface area contributed by atoms with Crippen molar-refractivity contribution in [2.75, 3.05) is 12.0 Å².